The van der Waals surface area contributed by atoms with Crippen molar-refractivity contribution in [2.45, 2.75) is 0 Å². The molecule has 0 aromatic heterocycles. The molecule has 0 aliphatic carbocycles. The van der Waals surface area contributed by atoms with Crippen LogP contribution in [0.1, 0.15) is 15.9 Å². The lowest BCUT2D eigenvalue weighted by Crippen LogP contribution is -2.08. The Bertz CT molecular complexity index is 687. The van der Waals surface area contributed by atoms with E-state index in [9.17, 15) is 13.6 Å². The molecule has 0 bridgehead atoms. The zero-order chi connectivity index (χ0) is 16.4. The van der Waals surface area contributed by atoms with Gasteiger partial charge in [-0.05, 0) is 24.3 Å². The van der Waals surface area contributed by atoms with E-state index in [2.05, 4.69) is 0 Å². The van der Waals surface area contributed by atoms with Gasteiger partial charge >= 0.3 is 0 Å². The molecule has 0 saturated heterocycles. The van der Waals surface area contributed by atoms with Crippen LogP contribution >= 0.6 is 23.2 Å². The van der Waals surface area contributed by atoms with Crippen molar-refractivity contribution in [3.63, 3.8) is 0 Å². The van der Waals surface area contributed by atoms with Crippen LogP contribution in [-0.2, 0) is 0 Å². The third-order valence-corrected chi connectivity index (χ3v) is 3.56. The molecule has 0 N–H and O–H groups in total. The predicted molar refractivity (Wildman–Crippen MR) is 79.4 cm³/mol. The highest BCUT2D eigenvalue weighted by atomic mass is 35.5. The van der Waals surface area contributed by atoms with Crippen LogP contribution < -0.4 is 9.47 Å². The highest BCUT2D eigenvalue weighted by Crippen LogP contribution is 2.32. The molecule has 0 aliphatic heterocycles. The van der Waals surface area contributed by atoms with Gasteiger partial charge in [-0.25, -0.2) is 8.78 Å². The van der Waals surface area contributed by atoms with Gasteiger partial charge in [-0.15, -0.1) is 0 Å². The average Bonchev–Trinajstić information content (AvgIpc) is 2.47. The van der Waals surface area contributed by atoms with E-state index in [0.29, 0.717) is 0 Å². The molecule has 7 heteroatoms. The number of methoxy groups -OCH3 is 2. The van der Waals surface area contributed by atoms with Gasteiger partial charge < -0.3 is 9.47 Å². The summed E-state index contributed by atoms with van der Waals surface area (Å²) in [4.78, 5) is 12.4. The number of carbonyl (C=O) groups is 1. The first kappa shape index (κ1) is 16.5. The van der Waals surface area contributed by atoms with E-state index in [1.807, 2.05) is 0 Å². The van der Waals surface area contributed by atoms with E-state index in [1.165, 1.54) is 14.2 Å². The first-order valence-electron chi connectivity index (χ1n) is 5.99. The standard InChI is InChI=1S/C15H10Cl2F2O3/c1-21-13-3-7(11(18)5-9(13)16)15(20)8-4-14(22-2)10(17)6-12(8)19/h3-6H,1-2H3. The Labute approximate surface area is 135 Å². The Morgan fingerprint density at radius 1 is 0.864 bits per heavy atom. The third-order valence-electron chi connectivity index (χ3n) is 2.97. The Morgan fingerprint density at radius 3 is 1.55 bits per heavy atom. The van der Waals surface area contributed by atoms with Gasteiger partial charge in [-0.3, -0.25) is 4.79 Å². The lowest BCUT2D eigenvalue weighted by molar-refractivity contribution is 0.103. The highest BCUT2D eigenvalue weighted by molar-refractivity contribution is 6.32. The normalized spacial score (nSPS) is 10.5. The average molecular weight is 347 g/mol. The Hall–Kier alpha value is -1.85. The number of benzene rings is 2. The molecule has 0 fully saturated rings. The molecule has 3 nitrogen and oxygen atoms in total. The van der Waals surface area contributed by atoms with Crippen molar-refractivity contribution >= 4 is 29.0 Å². The maximum atomic E-state index is 14.0. The molecule has 116 valence electrons. The Balaban J connectivity index is 2.57. The number of ether oxygens (including phenoxy) is 2. The van der Waals surface area contributed by atoms with E-state index in [0.717, 1.165) is 24.3 Å². The van der Waals surface area contributed by atoms with Gasteiger partial charge in [0, 0.05) is 0 Å². The first-order valence-corrected chi connectivity index (χ1v) is 6.75. The van der Waals surface area contributed by atoms with E-state index in [4.69, 9.17) is 32.7 Å². The van der Waals surface area contributed by atoms with E-state index in [-0.39, 0.29) is 32.7 Å². The number of halogens is 4. The molecule has 2 aromatic rings. The zero-order valence-electron chi connectivity index (χ0n) is 11.5. The monoisotopic (exact) mass is 346 g/mol. The largest absolute Gasteiger partial charge is 0.495 e. The molecule has 0 heterocycles. The summed E-state index contributed by atoms with van der Waals surface area (Å²) in [5, 5.41) is 0.0106. The number of hydrogen-bond donors (Lipinski definition) is 0. The summed E-state index contributed by atoms with van der Waals surface area (Å²) in [6, 6.07) is 4.08. The van der Waals surface area contributed by atoms with Gasteiger partial charge in [0.2, 0.25) is 0 Å². The summed E-state index contributed by atoms with van der Waals surface area (Å²) in [5.74, 6) is -2.44. The molecule has 2 rings (SSSR count). The van der Waals surface area contributed by atoms with Crippen molar-refractivity contribution in [3.05, 3.63) is 57.1 Å². The molecule has 0 saturated carbocycles. The van der Waals surface area contributed by atoms with Gasteiger partial charge in [0.25, 0.3) is 0 Å². The number of carbonyl (C=O) groups excluding carboxylic acids is 1. The molecular weight excluding hydrogens is 337 g/mol. The van der Waals surface area contributed by atoms with Gasteiger partial charge in [-0.2, -0.15) is 0 Å². The quantitative estimate of drug-likeness (QED) is 0.763. The van der Waals surface area contributed by atoms with Crippen LogP contribution in [0.4, 0.5) is 8.78 Å². The van der Waals surface area contributed by atoms with Crippen LogP contribution in [0.2, 0.25) is 10.0 Å². The van der Waals surface area contributed by atoms with Crippen molar-refractivity contribution in [3.8, 4) is 11.5 Å². The fourth-order valence-electron chi connectivity index (χ4n) is 1.86. The van der Waals surface area contributed by atoms with Gasteiger partial charge in [0.1, 0.15) is 23.1 Å². The van der Waals surface area contributed by atoms with E-state index < -0.39 is 17.4 Å². The molecule has 0 radical (unpaired) electrons. The van der Waals surface area contributed by atoms with Crippen LogP contribution in [0.25, 0.3) is 0 Å². The summed E-state index contributed by atoms with van der Waals surface area (Å²) in [7, 11) is 2.64. The van der Waals surface area contributed by atoms with E-state index in [1.54, 1.807) is 0 Å². The first-order chi connectivity index (χ1) is 10.4. The van der Waals surface area contributed by atoms with E-state index >= 15 is 0 Å². The molecular formula is C15H10Cl2F2O3. The molecule has 2 aromatic carbocycles. The third kappa shape index (κ3) is 3.00. The SMILES string of the molecule is COc1cc(C(=O)c2cc(OC)c(Cl)cc2F)c(F)cc1Cl. The second kappa shape index (κ2) is 6.50. The number of rotatable bonds is 4. The summed E-state index contributed by atoms with van der Waals surface area (Å²) in [6.07, 6.45) is 0. The van der Waals surface area contributed by atoms with Crippen LogP contribution in [0.5, 0.6) is 11.5 Å². The minimum Gasteiger partial charge on any atom is -0.495 e. The van der Waals surface area contributed by atoms with Crippen molar-refractivity contribution in [2.24, 2.45) is 0 Å². The lowest BCUT2D eigenvalue weighted by Gasteiger charge is -2.10. The zero-order valence-corrected chi connectivity index (χ0v) is 13.1. The van der Waals surface area contributed by atoms with Crippen molar-refractivity contribution < 1.29 is 23.0 Å². The fourth-order valence-corrected chi connectivity index (χ4v) is 2.32. The molecule has 0 aliphatic rings. The molecule has 0 atom stereocenters. The number of ketones is 1. The van der Waals surface area contributed by atoms with Crippen molar-refractivity contribution in [1.82, 2.24) is 0 Å². The Kier molecular flexibility index (Phi) is 4.88. The topological polar surface area (TPSA) is 35.5 Å². The minimum absolute atomic E-state index is 0.00529. The Morgan fingerprint density at radius 2 is 1.23 bits per heavy atom. The molecule has 0 amide bonds. The molecule has 0 unspecified atom stereocenters. The summed E-state index contributed by atoms with van der Waals surface area (Å²) in [5.41, 5.74) is -0.742. The van der Waals surface area contributed by atoms with Crippen molar-refractivity contribution in [2.75, 3.05) is 14.2 Å². The maximum Gasteiger partial charge on any atom is 0.199 e. The van der Waals surface area contributed by atoms with Crippen LogP contribution in [0, 0.1) is 11.6 Å². The van der Waals surface area contributed by atoms with Crippen LogP contribution in [0.15, 0.2) is 24.3 Å². The fraction of sp³-hybridized carbons (Fsp3) is 0.133. The second-order valence-electron chi connectivity index (χ2n) is 4.26. The summed E-state index contributed by atoms with van der Waals surface area (Å²) >= 11 is 11.5. The minimum atomic E-state index is -0.885. The maximum absolute atomic E-state index is 14.0. The number of hydrogen-bond acceptors (Lipinski definition) is 3. The summed E-state index contributed by atoms with van der Waals surface area (Å²) < 4.78 is 37.8. The lowest BCUT2D eigenvalue weighted by atomic mass is 10.0. The summed E-state index contributed by atoms with van der Waals surface area (Å²) in [6.45, 7) is 0. The van der Waals surface area contributed by atoms with Gasteiger partial charge in [0.05, 0.1) is 35.4 Å². The highest BCUT2D eigenvalue weighted by Gasteiger charge is 2.22. The second-order valence-corrected chi connectivity index (χ2v) is 5.08. The van der Waals surface area contributed by atoms with Crippen LogP contribution in [0.3, 0.4) is 0 Å². The van der Waals surface area contributed by atoms with Crippen LogP contribution in [-0.4, -0.2) is 20.0 Å². The molecule has 22 heavy (non-hydrogen) atoms. The van der Waals surface area contributed by atoms with Gasteiger partial charge in [0.15, 0.2) is 5.78 Å². The molecule has 0 spiro atoms. The van der Waals surface area contributed by atoms with Crippen molar-refractivity contribution in [1.29, 1.82) is 0 Å². The smallest absolute Gasteiger partial charge is 0.199 e. The van der Waals surface area contributed by atoms with Gasteiger partial charge in [-0.1, -0.05) is 23.2 Å². The predicted octanol–water partition coefficient (Wildman–Crippen LogP) is 4.52.